The predicted molar refractivity (Wildman–Crippen MR) is 67.6 cm³/mol. The van der Waals surface area contributed by atoms with E-state index >= 15 is 0 Å². The van der Waals surface area contributed by atoms with Crippen LogP contribution in [0.4, 0.5) is 4.39 Å². The zero-order valence-corrected chi connectivity index (χ0v) is 10.9. The highest BCUT2D eigenvalue weighted by molar-refractivity contribution is 7.99. The zero-order valence-electron chi connectivity index (χ0n) is 10.1. The Hall–Kier alpha value is -2.42. The highest BCUT2D eigenvalue weighted by atomic mass is 32.2. The van der Waals surface area contributed by atoms with Crippen LogP contribution in [0.5, 0.6) is 0 Å². The Morgan fingerprint density at radius 1 is 1.45 bits per heavy atom. The maximum absolute atomic E-state index is 13.1. The SMILES string of the molecule is Cn1[nH]c(=O)c(=O)nc1Sc1ccc(F)cc1C(=O)O. The molecule has 0 aliphatic rings. The van der Waals surface area contributed by atoms with Crippen molar-refractivity contribution in [1.29, 1.82) is 0 Å². The summed E-state index contributed by atoms with van der Waals surface area (Å²) in [6.45, 7) is 0. The first-order chi connectivity index (χ1) is 9.38. The molecule has 2 N–H and O–H groups in total. The van der Waals surface area contributed by atoms with E-state index in [0.717, 1.165) is 23.9 Å². The van der Waals surface area contributed by atoms with E-state index in [2.05, 4.69) is 10.1 Å². The summed E-state index contributed by atoms with van der Waals surface area (Å²) in [5.74, 6) is -1.99. The Bertz CT molecular complexity index is 799. The third kappa shape index (κ3) is 2.77. The van der Waals surface area contributed by atoms with Crippen LogP contribution in [0.1, 0.15) is 10.4 Å². The van der Waals surface area contributed by atoms with Crippen molar-refractivity contribution < 1.29 is 14.3 Å². The van der Waals surface area contributed by atoms with Gasteiger partial charge in [0.2, 0.25) is 0 Å². The van der Waals surface area contributed by atoms with Crippen LogP contribution in [-0.4, -0.2) is 25.8 Å². The molecule has 0 aliphatic heterocycles. The second kappa shape index (κ2) is 5.29. The number of carboxylic acids is 1. The number of rotatable bonds is 3. The standard InChI is InChI=1S/C11H8FN3O4S/c1-15-11(13-8(16)9(17)14-15)20-7-3-2-5(12)4-6(7)10(18)19/h2-4H,1H3,(H,14,17)(H,18,19). The first-order valence-corrected chi connectivity index (χ1v) is 6.08. The van der Waals surface area contributed by atoms with Gasteiger partial charge in [0.25, 0.3) is 0 Å². The second-order valence-electron chi connectivity index (χ2n) is 3.75. The number of nitrogens with zero attached hydrogens (tertiary/aromatic N) is 2. The Kier molecular flexibility index (Phi) is 3.70. The van der Waals surface area contributed by atoms with Crippen LogP contribution < -0.4 is 11.1 Å². The highest BCUT2D eigenvalue weighted by Gasteiger charge is 2.15. The van der Waals surface area contributed by atoms with Crippen molar-refractivity contribution in [2.45, 2.75) is 10.1 Å². The van der Waals surface area contributed by atoms with Crippen molar-refractivity contribution in [3.8, 4) is 0 Å². The normalized spacial score (nSPS) is 10.5. The lowest BCUT2D eigenvalue weighted by atomic mass is 10.2. The number of aromatic nitrogens is 3. The maximum Gasteiger partial charge on any atom is 0.339 e. The molecule has 7 nitrogen and oxygen atoms in total. The topological polar surface area (TPSA) is 105 Å². The Morgan fingerprint density at radius 3 is 2.80 bits per heavy atom. The Balaban J connectivity index is 2.50. The van der Waals surface area contributed by atoms with Crippen LogP contribution >= 0.6 is 11.8 Å². The molecule has 1 aromatic heterocycles. The fourth-order valence-electron chi connectivity index (χ4n) is 1.41. The fourth-order valence-corrected chi connectivity index (χ4v) is 2.31. The molecule has 0 unspecified atom stereocenters. The molecule has 2 rings (SSSR count). The highest BCUT2D eigenvalue weighted by Crippen LogP contribution is 2.28. The third-order valence-electron chi connectivity index (χ3n) is 2.32. The average Bonchev–Trinajstić information content (AvgIpc) is 2.37. The van der Waals surface area contributed by atoms with Crippen LogP contribution in [0.2, 0.25) is 0 Å². The minimum atomic E-state index is -1.30. The molecule has 1 aromatic carbocycles. The number of aromatic amines is 1. The fraction of sp³-hybridized carbons (Fsp3) is 0.0909. The average molecular weight is 297 g/mol. The Labute approximate surface area is 115 Å². The summed E-state index contributed by atoms with van der Waals surface area (Å²) < 4.78 is 14.2. The molecule has 0 radical (unpaired) electrons. The van der Waals surface area contributed by atoms with Crippen molar-refractivity contribution in [2.24, 2.45) is 7.05 Å². The molecule has 0 saturated heterocycles. The molecule has 0 aliphatic carbocycles. The number of H-pyrrole nitrogens is 1. The first-order valence-electron chi connectivity index (χ1n) is 5.26. The minimum absolute atomic E-state index is 0.0868. The smallest absolute Gasteiger partial charge is 0.339 e. The van der Waals surface area contributed by atoms with Gasteiger partial charge < -0.3 is 5.11 Å². The van der Waals surface area contributed by atoms with Gasteiger partial charge in [-0.1, -0.05) is 0 Å². The first kappa shape index (κ1) is 14.0. The van der Waals surface area contributed by atoms with Gasteiger partial charge in [0, 0.05) is 11.9 Å². The van der Waals surface area contributed by atoms with Gasteiger partial charge in [0.05, 0.1) is 5.56 Å². The summed E-state index contributed by atoms with van der Waals surface area (Å²) >= 11 is 0.835. The van der Waals surface area contributed by atoms with Crippen LogP contribution in [-0.2, 0) is 7.05 Å². The van der Waals surface area contributed by atoms with Crippen LogP contribution in [0, 0.1) is 5.82 Å². The van der Waals surface area contributed by atoms with Gasteiger partial charge in [0.15, 0.2) is 5.16 Å². The van der Waals surface area contributed by atoms with Crippen molar-refractivity contribution in [1.82, 2.24) is 14.8 Å². The van der Waals surface area contributed by atoms with Gasteiger partial charge >= 0.3 is 17.1 Å². The second-order valence-corrected chi connectivity index (χ2v) is 4.76. The van der Waals surface area contributed by atoms with Gasteiger partial charge in [-0.25, -0.2) is 9.18 Å². The summed E-state index contributed by atoms with van der Waals surface area (Å²) in [4.78, 5) is 37.0. The number of hydrogen-bond acceptors (Lipinski definition) is 5. The summed E-state index contributed by atoms with van der Waals surface area (Å²) in [6, 6.07) is 3.23. The lowest BCUT2D eigenvalue weighted by Gasteiger charge is -2.08. The molecule has 0 fully saturated rings. The van der Waals surface area contributed by atoms with Gasteiger partial charge in [-0.3, -0.25) is 19.4 Å². The predicted octanol–water partition coefficient (Wildman–Crippen LogP) is 0.457. The molecule has 2 aromatic rings. The van der Waals surface area contributed by atoms with Crippen LogP contribution in [0.25, 0.3) is 0 Å². The minimum Gasteiger partial charge on any atom is -0.478 e. The van der Waals surface area contributed by atoms with E-state index in [0.29, 0.717) is 0 Å². The summed E-state index contributed by atoms with van der Waals surface area (Å²) in [5, 5.41) is 11.3. The number of carboxylic acid groups (broad SMARTS) is 1. The lowest BCUT2D eigenvalue weighted by molar-refractivity contribution is 0.0692. The number of nitrogens with one attached hydrogen (secondary N) is 1. The van der Waals surface area contributed by atoms with E-state index in [1.54, 1.807) is 0 Å². The number of carbonyl (C=O) groups is 1. The number of hydrogen-bond donors (Lipinski definition) is 2. The van der Waals surface area contributed by atoms with Crippen molar-refractivity contribution >= 4 is 17.7 Å². The van der Waals surface area contributed by atoms with E-state index in [1.807, 2.05) is 0 Å². The van der Waals surface area contributed by atoms with Gasteiger partial charge in [0.1, 0.15) is 5.82 Å². The van der Waals surface area contributed by atoms with E-state index < -0.39 is 22.9 Å². The maximum atomic E-state index is 13.1. The van der Waals surface area contributed by atoms with Gasteiger partial charge in [-0.2, -0.15) is 4.98 Å². The molecule has 0 atom stereocenters. The zero-order chi connectivity index (χ0) is 14.9. The van der Waals surface area contributed by atoms with Crippen LogP contribution in [0.15, 0.2) is 37.8 Å². The molecule has 20 heavy (non-hydrogen) atoms. The molecule has 104 valence electrons. The van der Waals surface area contributed by atoms with E-state index in [4.69, 9.17) is 5.11 Å². The Morgan fingerprint density at radius 2 is 2.15 bits per heavy atom. The number of halogens is 1. The van der Waals surface area contributed by atoms with E-state index in [1.165, 1.54) is 17.8 Å². The summed E-state index contributed by atoms with van der Waals surface area (Å²) in [6.07, 6.45) is 0. The molecule has 1 heterocycles. The van der Waals surface area contributed by atoms with Crippen molar-refractivity contribution in [2.75, 3.05) is 0 Å². The van der Waals surface area contributed by atoms with Crippen LogP contribution in [0.3, 0.4) is 0 Å². The van der Waals surface area contributed by atoms with Gasteiger partial charge in [-0.15, -0.1) is 0 Å². The lowest BCUT2D eigenvalue weighted by Crippen LogP contribution is -2.33. The molecule has 0 spiro atoms. The number of benzene rings is 1. The van der Waals surface area contributed by atoms with E-state index in [9.17, 15) is 18.8 Å². The molecule has 0 saturated carbocycles. The molecular weight excluding hydrogens is 289 g/mol. The largest absolute Gasteiger partial charge is 0.478 e. The molecule has 9 heteroatoms. The number of aromatic carboxylic acids is 1. The van der Waals surface area contributed by atoms with Crippen molar-refractivity contribution in [3.63, 3.8) is 0 Å². The molecular formula is C11H8FN3O4S. The van der Waals surface area contributed by atoms with E-state index in [-0.39, 0.29) is 15.6 Å². The van der Waals surface area contributed by atoms with Gasteiger partial charge in [-0.05, 0) is 30.0 Å². The molecule has 0 bridgehead atoms. The quantitative estimate of drug-likeness (QED) is 0.797. The summed E-state index contributed by atoms with van der Waals surface area (Å²) in [7, 11) is 1.44. The molecule has 0 amide bonds. The number of aryl methyl sites for hydroxylation is 1. The third-order valence-corrected chi connectivity index (χ3v) is 3.44. The van der Waals surface area contributed by atoms with Crippen molar-refractivity contribution in [3.05, 3.63) is 50.3 Å². The summed E-state index contributed by atoms with van der Waals surface area (Å²) in [5.41, 5.74) is -2.12. The monoisotopic (exact) mass is 297 g/mol.